The van der Waals surface area contributed by atoms with Gasteiger partial charge in [-0.15, -0.1) is 11.3 Å². The van der Waals surface area contributed by atoms with Crippen LogP contribution in [0, 0.1) is 11.7 Å². The second-order valence-corrected chi connectivity index (χ2v) is 9.65. The molecule has 0 aliphatic heterocycles. The molecule has 1 aliphatic carbocycles. The molecule has 1 unspecified atom stereocenters. The zero-order valence-electron chi connectivity index (χ0n) is 18.2. The number of ether oxygens (including phenoxy) is 1. The molecule has 0 bridgehead atoms. The maximum atomic E-state index is 13.9. The summed E-state index contributed by atoms with van der Waals surface area (Å²) in [7, 11) is 1.64. The Labute approximate surface area is 190 Å². The summed E-state index contributed by atoms with van der Waals surface area (Å²) in [5, 5.41) is 0.747. The van der Waals surface area contributed by atoms with E-state index in [1.807, 2.05) is 30.3 Å². The summed E-state index contributed by atoms with van der Waals surface area (Å²) in [6.07, 6.45) is 3.47. The van der Waals surface area contributed by atoms with Crippen LogP contribution in [0.4, 0.5) is 4.39 Å². The lowest BCUT2D eigenvalue weighted by molar-refractivity contribution is 0.410. The van der Waals surface area contributed by atoms with Gasteiger partial charge in [0.25, 0.3) is 5.56 Å². The number of benzene rings is 2. The molecule has 1 atom stereocenters. The summed E-state index contributed by atoms with van der Waals surface area (Å²) in [5.41, 5.74) is 2.84. The molecule has 0 spiro atoms. The predicted molar refractivity (Wildman–Crippen MR) is 126 cm³/mol. The highest BCUT2D eigenvalue weighted by Crippen LogP contribution is 2.36. The first kappa shape index (κ1) is 20.9. The molecule has 2 aromatic heterocycles. The Bertz CT molecular complexity index is 1360. The average molecular weight is 449 g/mol. The Morgan fingerprint density at radius 1 is 1.22 bits per heavy atom. The second kappa shape index (κ2) is 8.51. The van der Waals surface area contributed by atoms with E-state index in [1.54, 1.807) is 29.1 Å². The van der Waals surface area contributed by atoms with Crippen molar-refractivity contribution in [3.05, 3.63) is 92.1 Å². The number of fused-ring (bicyclic) bond motifs is 3. The fourth-order valence-corrected chi connectivity index (χ4v) is 5.99. The lowest BCUT2D eigenvalue weighted by Crippen LogP contribution is -2.26. The van der Waals surface area contributed by atoms with Crippen LogP contribution in [0.5, 0.6) is 5.75 Å². The van der Waals surface area contributed by atoms with E-state index in [0.717, 1.165) is 51.9 Å². The van der Waals surface area contributed by atoms with Crippen LogP contribution < -0.4 is 10.3 Å². The Morgan fingerprint density at radius 3 is 2.88 bits per heavy atom. The number of nitrogens with zero attached hydrogens (tertiary/aromatic N) is 2. The highest BCUT2D eigenvalue weighted by atomic mass is 32.1. The Hall–Kier alpha value is -2.99. The van der Waals surface area contributed by atoms with Crippen molar-refractivity contribution >= 4 is 21.6 Å². The van der Waals surface area contributed by atoms with Gasteiger partial charge in [-0.1, -0.05) is 37.3 Å². The molecule has 0 radical (unpaired) electrons. The third-order valence-electron chi connectivity index (χ3n) is 6.27. The SMILES string of the molecule is COc1ccccc1Cc1nc2sc3c(c2c(=O)n1Cc1cccc(F)c1)CCC(C)C3. The predicted octanol–water partition coefficient (Wildman–Crippen LogP) is 5.37. The van der Waals surface area contributed by atoms with Gasteiger partial charge in [-0.05, 0) is 54.5 Å². The molecule has 164 valence electrons. The van der Waals surface area contributed by atoms with Crippen LogP contribution in [-0.4, -0.2) is 16.7 Å². The van der Waals surface area contributed by atoms with Crippen molar-refractivity contribution < 1.29 is 9.13 Å². The molecule has 2 aromatic carbocycles. The van der Waals surface area contributed by atoms with E-state index in [-0.39, 0.29) is 17.9 Å². The molecule has 4 aromatic rings. The van der Waals surface area contributed by atoms with Crippen LogP contribution in [-0.2, 0) is 25.8 Å². The number of hydrogen-bond acceptors (Lipinski definition) is 4. The first-order chi connectivity index (χ1) is 15.5. The highest BCUT2D eigenvalue weighted by molar-refractivity contribution is 7.18. The van der Waals surface area contributed by atoms with Crippen molar-refractivity contribution in [2.45, 2.75) is 39.2 Å². The number of aryl methyl sites for hydroxylation is 1. The maximum absolute atomic E-state index is 13.9. The zero-order valence-corrected chi connectivity index (χ0v) is 19.0. The smallest absolute Gasteiger partial charge is 0.262 e. The molecule has 0 amide bonds. The van der Waals surface area contributed by atoms with Gasteiger partial charge in [-0.2, -0.15) is 0 Å². The molecule has 1 aliphatic rings. The molecular weight excluding hydrogens is 423 g/mol. The molecule has 0 N–H and O–H groups in total. The van der Waals surface area contributed by atoms with Crippen LogP contribution in [0.3, 0.4) is 0 Å². The van der Waals surface area contributed by atoms with E-state index < -0.39 is 0 Å². The van der Waals surface area contributed by atoms with Gasteiger partial charge < -0.3 is 4.74 Å². The molecule has 4 nitrogen and oxygen atoms in total. The van der Waals surface area contributed by atoms with Crippen molar-refractivity contribution in [3.8, 4) is 5.75 Å². The fourth-order valence-electron chi connectivity index (χ4n) is 4.60. The lowest BCUT2D eigenvalue weighted by atomic mass is 9.89. The Balaban J connectivity index is 1.69. The minimum atomic E-state index is -0.308. The van der Waals surface area contributed by atoms with E-state index in [0.29, 0.717) is 18.2 Å². The van der Waals surface area contributed by atoms with E-state index in [1.165, 1.54) is 17.0 Å². The number of rotatable bonds is 5. The summed E-state index contributed by atoms with van der Waals surface area (Å²) >= 11 is 1.65. The summed E-state index contributed by atoms with van der Waals surface area (Å²) in [6, 6.07) is 14.2. The van der Waals surface area contributed by atoms with Gasteiger partial charge >= 0.3 is 0 Å². The topological polar surface area (TPSA) is 44.1 Å². The van der Waals surface area contributed by atoms with Gasteiger partial charge in [-0.25, -0.2) is 9.37 Å². The van der Waals surface area contributed by atoms with Crippen LogP contribution in [0.25, 0.3) is 10.2 Å². The van der Waals surface area contributed by atoms with Crippen molar-refractivity contribution in [3.63, 3.8) is 0 Å². The van der Waals surface area contributed by atoms with Crippen LogP contribution in [0.15, 0.2) is 53.3 Å². The quantitative estimate of drug-likeness (QED) is 0.412. The minimum absolute atomic E-state index is 0.0313. The molecule has 0 fully saturated rings. The monoisotopic (exact) mass is 448 g/mol. The van der Waals surface area contributed by atoms with Crippen molar-refractivity contribution in [1.29, 1.82) is 0 Å². The lowest BCUT2D eigenvalue weighted by Gasteiger charge is -2.18. The van der Waals surface area contributed by atoms with E-state index in [4.69, 9.17) is 9.72 Å². The summed E-state index contributed by atoms with van der Waals surface area (Å²) in [5.74, 6) is 1.75. The molecule has 2 heterocycles. The molecule has 32 heavy (non-hydrogen) atoms. The third-order valence-corrected chi connectivity index (χ3v) is 7.41. The first-order valence-corrected chi connectivity index (χ1v) is 11.8. The Morgan fingerprint density at radius 2 is 2.06 bits per heavy atom. The Kier molecular flexibility index (Phi) is 5.55. The second-order valence-electron chi connectivity index (χ2n) is 8.57. The number of thiophene rings is 1. The van der Waals surface area contributed by atoms with Crippen LogP contribution >= 0.6 is 11.3 Å². The number of hydrogen-bond donors (Lipinski definition) is 0. The van der Waals surface area contributed by atoms with Gasteiger partial charge in [0.05, 0.1) is 19.0 Å². The number of halogens is 1. The minimum Gasteiger partial charge on any atom is -0.496 e. The van der Waals surface area contributed by atoms with Gasteiger partial charge in [0.2, 0.25) is 0 Å². The zero-order chi connectivity index (χ0) is 22.2. The van der Waals surface area contributed by atoms with E-state index in [9.17, 15) is 9.18 Å². The fraction of sp³-hybridized carbons (Fsp3) is 0.308. The average Bonchev–Trinajstić information content (AvgIpc) is 3.14. The van der Waals surface area contributed by atoms with Crippen molar-refractivity contribution in [2.75, 3.05) is 7.11 Å². The standard InChI is InChI=1S/C26H25FN2O2S/c1-16-10-11-20-22(12-16)32-25-24(20)26(30)29(15-17-6-5-8-19(27)13-17)23(28-25)14-18-7-3-4-9-21(18)31-2/h3-9,13,16H,10-12,14-15H2,1-2H3. The molecule has 0 saturated heterocycles. The summed E-state index contributed by atoms with van der Waals surface area (Å²) in [6.45, 7) is 2.54. The first-order valence-electron chi connectivity index (χ1n) is 10.9. The van der Waals surface area contributed by atoms with Crippen LogP contribution in [0.2, 0.25) is 0 Å². The van der Waals surface area contributed by atoms with Gasteiger partial charge in [0, 0.05) is 16.9 Å². The van der Waals surface area contributed by atoms with E-state index in [2.05, 4.69) is 6.92 Å². The summed E-state index contributed by atoms with van der Waals surface area (Å²) in [4.78, 5) is 20.9. The number of aromatic nitrogens is 2. The van der Waals surface area contributed by atoms with Gasteiger partial charge in [0.1, 0.15) is 22.2 Å². The normalized spacial score (nSPS) is 15.7. The molecule has 5 rings (SSSR count). The van der Waals surface area contributed by atoms with Gasteiger partial charge in [-0.3, -0.25) is 9.36 Å². The van der Waals surface area contributed by atoms with Crippen molar-refractivity contribution in [2.24, 2.45) is 5.92 Å². The third kappa shape index (κ3) is 3.84. The molecule has 6 heteroatoms. The molecular formula is C26H25FN2O2S. The maximum Gasteiger partial charge on any atom is 0.262 e. The summed E-state index contributed by atoms with van der Waals surface area (Å²) < 4.78 is 21.1. The van der Waals surface area contributed by atoms with Crippen LogP contribution in [0.1, 0.15) is 40.7 Å². The molecule has 0 saturated carbocycles. The van der Waals surface area contributed by atoms with Gasteiger partial charge in [0.15, 0.2) is 0 Å². The largest absolute Gasteiger partial charge is 0.496 e. The van der Waals surface area contributed by atoms with Crippen molar-refractivity contribution in [1.82, 2.24) is 9.55 Å². The highest BCUT2D eigenvalue weighted by Gasteiger charge is 2.25. The van der Waals surface area contributed by atoms with E-state index >= 15 is 0 Å². The number of methoxy groups -OCH3 is 1. The number of para-hydroxylation sites is 1.